The third-order valence-electron chi connectivity index (χ3n) is 4.30. The zero-order chi connectivity index (χ0) is 15.4. The van der Waals surface area contributed by atoms with Gasteiger partial charge in [0.25, 0.3) is 0 Å². The summed E-state index contributed by atoms with van der Waals surface area (Å²) in [6.07, 6.45) is 2.89. The molecule has 1 aromatic rings. The van der Waals surface area contributed by atoms with Crippen molar-refractivity contribution in [3.05, 3.63) is 24.3 Å². The fraction of sp³-hybridized carbons (Fsp3) is 0.588. The molecule has 0 bridgehead atoms. The molecule has 22 heavy (non-hydrogen) atoms. The van der Waals surface area contributed by atoms with Crippen LogP contribution >= 0.6 is 0 Å². The van der Waals surface area contributed by atoms with Crippen LogP contribution in [0.1, 0.15) is 26.2 Å². The number of hydrogen-bond acceptors (Lipinski definition) is 4. The number of nitrogens with one attached hydrogen (secondary N) is 1. The summed E-state index contributed by atoms with van der Waals surface area (Å²) < 4.78 is 11.3. The van der Waals surface area contributed by atoms with E-state index in [1.807, 2.05) is 24.3 Å². The molecule has 5 nitrogen and oxygen atoms in total. The second kappa shape index (κ2) is 7.01. The third-order valence-corrected chi connectivity index (χ3v) is 4.30. The Bertz CT molecular complexity index is 514. The van der Waals surface area contributed by atoms with Gasteiger partial charge in [-0.2, -0.15) is 0 Å². The molecule has 5 heteroatoms. The molecule has 0 aliphatic carbocycles. The lowest BCUT2D eigenvalue weighted by Crippen LogP contribution is -2.48. The molecule has 3 rings (SSSR count). The van der Waals surface area contributed by atoms with Crippen LogP contribution in [0.2, 0.25) is 0 Å². The Morgan fingerprint density at radius 1 is 1.32 bits per heavy atom. The Balaban J connectivity index is 1.64. The van der Waals surface area contributed by atoms with Gasteiger partial charge in [-0.3, -0.25) is 4.79 Å². The Kier molecular flexibility index (Phi) is 4.83. The van der Waals surface area contributed by atoms with Gasteiger partial charge in [0, 0.05) is 19.3 Å². The highest BCUT2D eigenvalue weighted by Crippen LogP contribution is 2.33. The quantitative estimate of drug-likeness (QED) is 0.924. The van der Waals surface area contributed by atoms with Crippen LogP contribution in [0.3, 0.4) is 0 Å². The molecule has 1 fully saturated rings. The second-order valence-corrected chi connectivity index (χ2v) is 5.95. The molecule has 120 valence electrons. The molecule has 0 aromatic heterocycles. The molecule has 2 heterocycles. The van der Waals surface area contributed by atoms with Crippen LogP contribution in [-0.4, -0.2) is 44.4 Å². The Morgan fingerprint density at radius 2 is 2.09 bits per heavy atom. The van der Waals surface area contributed by atoms with Gasteiger partial charge >= 0.3 is 0 Å². The number of benzene rings is 1. The van der Waals surface area contributed by atoms with Gasteiger partial charge in [-0.05, 0) is 31.4 Å². The van der Waals surface area contributed by atoms with Crippen LogP contribution in [0.15, 0.2) is 24.3 Å². The molecule has 1 saturated heterocycles. The zero-order valence-electron chi connectivity index (χ0n) is 13.1. The van der Waals surface area contributed by atoms with E-state index in [2.05, 4.69) is 17.1 Å². The van der Waals surface area contributed by atoms with Crippen molar-refractivity contribution in [3.63, 3.8) is 0 Å². The highest BCUT2D eigenvalue weighted by atomic mass is 16.5. The van der Waals surface area contributed by atoms with Gasteiger partial charge in [-0.1, -0.05) is 19.1 Å². The monoisotopic (exact) mass is 304 g/mol. The number of anilines is 1. The first-order chi connectivity index (χ1) is 10.8. The number of rotatable bonds is 4. The highest BCUT2D eigenvalue weighted by Gasteiger charge is 2.26. The zero-order valence-corrected chi connectivity index (χ0v) is 13.1. The average Bonchev–Trinajstić information content (AvgIpc) is 2.55. The molecule has 0 spiro atoms. The van der Waals surface area contributed by atoms with Crippen molar-refractivity contribution in [2.24, 2.45) is 0 Å². The van der Waals surface area contributed by atoms with E-state index in [1.54, 1.807) is 0 Å². The van der Waals surface area contributed by atoms with Gasteiger partial charge in [-0.15, -0.1) is 0 Å². The van der Waals surface area contributed by atoms with Crippen molar-refractivity contribution in [1.29, 1.82) is 0 Å². The standard InChI is InChI=1S/C17H24N2O3/c1-2-14-11-19(15-5-3-4-6-16(15)22-14)12-17(20)18-13-7-9-21-10-8-13/h3-6,13-14H,2,7-12H2,1H3,(H,18,20)/t14-/m0/s1. The van der Waals surface area contributed by atoms with Gasteiger partial charge in [0.2, 0.25) is 5.91 Å². The van der Waals surface area contributed by atoms with Crippen LogP contribution in [0.25, 0.3) is 0 Å². The SMILES string of the molecule is CC[C@H]1CN(CC(=O)NC2CCOCC2)c2ccccc2O1. The minimum Gasteiger partial charge on any atom is -0.486 e. The van der Waals surface area contributed by atoms with E-state index in [-0.39, 0.29) is 18.1 Å². The lowest BCUT2D eigenvalue weighted by Gasteiger charge is -2.36. The van der Waals surface area contributed by atoms with Crippen molar-refractivity contribution in [2.75, 3.05) is 31.2 Å². The average molecular weight is 304 g/mol. The van der Waals surface area contributed by atoms with E-state index < -0.39 is 0 Å². The first-order valence-corrected chi connectivity index (χ1v) is 8.14. The predicted molar refractivity (Wildman–Crippen MR) is 85.3 cm³/mol. The highest BCUT2D eigenvalue weighted by molar-refractivity contribution is 5.82. The molecular formula is C17H24N2O3. The van der Waals surface area contributed by atoms with E-state index in [4.69, 9.17) is 9.47 Å². The van der Waals surface area contributed by atoms with Crippen molar-refractivity contribution in [3.8, 4) is 5.75 Å². The number of carbonyl (C=O) groups excluding carboxylic acids is 1. The van der Waals surface area contributed by atoms with Crippen LogP contribution in [0, 0.1) is 0 Å². The predicted octanol–water partition coefficient (Wildman–Crippen LogP) is 1.96. The largest absolute Gasteiger partial charge is 0.486 e. The van der Waals surface area contributed by atoms with Gasteiger partial charge in [0.15, 0.2) is 0 Å². The van der Waals surface area contributed by atoms with E-state index in [0.29, 0.717) is 6.54 Å². The third kappa shape index (κ3) is 3.53. The number of para-hydroxylation sites is 2. The van der Waals surface area contributed by atoms with Gasteiger partial charge in [0.05, 0.1) is 18.8 Å². The van der Waals surface area contributed by atoms with Gasteiger partial charge in [0.1, 0.15) is 11.9 Å². The number of amides is 1. The maximum absolute atomic E-state index is 12.3. The van der Waals surface area contributed by atoms with E-state index in [1.165, 1.54) is 0 Å². The lowest BCUT2D eigenvalue weighted by molar-refractivity contribution is -0.121. The number of carbonyl (C=O) groups is 1. The van der Waals surface area contributed by atoms with Gasteiger partial charge in [-0.25, -0.2) is 0 Å². The van der Waals surface area contributed by atoms with Crippen LogP contribution < -0.4 is 15.0 Å². The first kappa shape index (κ1) is 15.2. The minimum atomic E-state index is 0.0819. The molecule has 0 saturated carbocycles. The molecule has 1 N–H and O–H groups in total. The van der Waals surface area contributed by atoms with E-state index >= 15 is 0 Å². The normalized spacial score (nSPS) is 21.9. The molecule has 0 unspecified atom stereocenters. The Hall–Kier alpha value is -1.75. The first-order valence-electron chi connectivity index (χ1n) is 8.14. The summed E-state index contributed by atoms with van der Waals surface area (Å²) in [6.45, 7) is 4.73. The maximum atomic E-state index is 12.3. The van der Waals surface area contributed by atoms with Gasteiger partial charge < -0.3 is 19.7 Å². The summed E-state index contributed by atoms with van der Waals surface area (Å²) in [7, 11) is 0. The minimum absolute atomic E-state index is 0.0819. The fourth-order valence-electron chi connectivity index (χ4n) is 3.03. The number of fused-ring (bicyclic) bond motifs is 1. The summed E-state index contributed by atoms with van der Waals surface area (Å²) in [6, 6.07) is 8.19. The van der Waals surface area contributed by atoms with E-state index in [0.717, 1.165) is 50.5 Å². The summed E-state index contributed by atoms with van der Waals surface area (Å²) in [5, 5.41) is 3.13. The summed E-state index contributed by atoms with van der Waals surface area (Å²) in [5.41, 5.74) is 1.01. The van der Waals surface area contributed by atoms with Crippen molar-refractivity contribution in [1.82, 2.24) is 5.32 Å². The molecule has 2 aliphatic heterocycles. The van der Waals surface area contributed by atoms with Crippen molar-refractivity contribution < 1.29 is 14.3 Å². The number of hydrogen-bond donors (Lipinski definition) is 1. The van der Waals surface area contributed by atoms with Crippen LogP contribution in [0.5, 0.6) is 5.75 Å². The molecule has 1 aromatic carbocycles. The summed E-state index contributed by atoms with van der Waals surface area (Å²) >= 11 is 0. The lowest BCUT2D eigenvalue weighted by atomic mass is 10.1. The molecule has 0 radical (unpaired) electrons. The smallest absolute Gasteiger partial charge is 0.239 e. The van der Waals surface area contributed by atoms with Crippen LogP contribution in [0.4, 0.5) is 5.69 Å². The molecule has 1 atom stereocenters. The Morgan fingerprint density at radius 3 is 2.86 bits per heavy atom. The number of nitrogens with zero attached hydrogens (tertiary/aromatic N) is 1. The summed E-state index contributed by atoms with van der Waals surface area (Å²) in [4.78, 5) is 14.5. The van der Waals surface area contributed by atoms with Crippen LogP contribution in [-0.2, 0) is 9.53 Å². The molecular weight excluding hydrogens is 280 g/mol. The molecule has 2 aliphatic rings. The van der Waals surface area contributed by atoms with E-state index in [9.17, 15) is 4.79 Å². The maximum Gasteiger partial charge on any atom is 0.239 e. The number of ether oxygens (including phenoxy) is 2. The topological polar surface area (TPSA) is 50.8 Å². The Labute approximate surface area is 131 Å². The fourth-order valence-corrected chi connectivity index (χ4v) is 3.03. The second-order valence-electron chi connectivity index (χ2n) is 5.95. The van der Waals surface area contributed by atoms with Crippen molar-refractivity contribution in [2.45, 2.75) is 38.3 Å². The van der Waals surface area contributed by atoms with Crippen molar-refractivity contribution >= 4 is 11.6 Å². The molecule has 1 amide bonds. The summed E-state index contributed by atoms with van der Waals surface area (Å²) in [5.74, 6) is 0.956.